The summed E-state index contributed by atoms with van der Waals surface area (Å²) in [4.78, 5) is 12.5. The molecule has 104 valence electrons. The Labute approximate surface area is 122 Å². The lowest BCUT2D eigenvalue weighted by atomic mass is 9.88. The van der Waals surface area contributed by atoms with Crippen LogP contribution in [0.25, 0.3) is 0 Å². The highest BCUT2D eigenvalue weighted by Gasteiger charge is 2.35. The summed E-state index contributed by atoms with van der Waals surface area (Å²) in [5, 5.41) is 0. The molecule has 1 heterocycles. The van der Waals surface area contributed by atoms with Crippen LogP contribution in [0.4, 0.5) is 0 Å². The maximum Gasteiger partial charge on any atom is 0.168 e. The van der Waals surface area contributed by atoms with E-state index < -0.39 is 5.60 Å². The summed E-state index contributed by atoms with van der Waals surface area (Å²) in [5.41, 5.74) is 0.320. The normalized spacial score (nSPS) is 23.1. The van der Waals surface area contributed by atoms with Gasteiger partial charge in [-0.05, 0) is 49.9 Å². The summed E-state index contributed by atoms with van der Waals surface area (Å²) in [7, 11) is 1.63. The molecule has 0 aliphatic carbocycles. The first kappa shape index (κ1) is 14.5. The molecule has 1 unspecified atom stereocenters. The lowest BCUT2D eigenvalue weighted by Gasteiger charge is -2.32. The first-order chi connectivity index (χ1) is 9.05. The summed E-state index contributed by atoms with van der Waals surface area (Å²) in [6, 6.07) is 5.68. The lowest BCUT2D eigenvalue weighted by molar-refractivity contribution is -0.147. The SMILES string of the molecule is COc1ccc(Br)c(CC(=O)C2(C)CCCCO2)c1. The molecule has 0 bridgehead atoms. The van der Waals surface area contributed by atoms with Crippen molar-refractivity contribution in [3.63, 3.8) is 0 Å². The molecule has 1 atom stereocenters. The average molecular weight is 327 g/mol. The van der Waals surface area contributed by atoms with Crippen LogP contribution in [-0.4, -0.2) is 25.1 Å². The Hall–Kier alpha value is -0.870. The van der Waals surface area contributed by atoms with Gasteiger partial charge in [-0.3, -0.25) is 4.79 Å². The van der Waals surface area contributed by atoms with Crippen LogP contribution in [-0.2, 0) is 16.0 Å². The van der Waals surface area contributed by atoms with Crippen molar-refractivity contribution in [2.75, 3.05) is 13.7 Å². The van der Waals surface area contributed by atoms with Crippen molar-refractivity contribution in [3.05, 3.63) is 28.2 Å². The molecule has 1 saturated heterocycles. The van der Waals surface area contributed by atoms with Crippen molar-refractivity contribution in [1.29, 1.82) is 0 Å². The van der Waals surface area contributed by atoms with E-state index in [1.54, 1.807) is 7.11 Å². The van der Waals surface area contributed by atoms with Gasteiger partial charge in [0.1, 0.15) is 11.4 Å². The second-order valence-corrected chi connectivity index (χ2v) is 5.95. The largest absolute Gasteiger partial charge is 0.497 e. The molecule has 19 heavy (non-hydrogen) atoms. The Kier molecular flexibility index (Phi) is 4.63. The third kappa shape index (κ3) is 3.37. The Balaban J connectivity index is 2.14. The fraction of sp³-hybridized carbons (Fsp3) is 0.533. The van der Waals surface area contributed by atoms with E-state index in [1.165, 1.54) is 0 Å². The monoisotopic (exact) mass is 326 g/mol. The van der Waals surface area contributed by atoms with Crippen molar-refractivity contribution >= 4 is 21.7 Å². The zero-order valence-electron chi connectivity index (χ0n) is 11.4. The smallest absolute Gasteiger partial charge is 0.168 e. The van der Waals surface area contributed by atoms with Gasteiger partial charge in [-0.15, -0.1) is 0 Å². The van der Waals surface area contributed by atoms with Gasteiger partial charge < -0.3 is 9.47 Å². The summed E-state index contributed by atoms with van der Waals surface area (Å²) in [6.07, 6.45) is 3.29. The van der Waals surface area contributed by atoms with E-state index in [1.807, 2.05) is 25.1 Å². The van der Waals surface area contributed by atoms with E-state index in [9.17, 15) is 4.79 Å². The first-order valence-electron chi connectivity index (χ1n) is 6.55. The van der Waals surface area contributed by atoms with E-state index in [2.05, 4.69) is 15.9 Å². The Morgan fingerprint density at radius 3 is 2.89 bits per heavy atom. The number of hydrogen-bond donors (Lipinski definition) is 0. The second-order valence-electron chi connectivity index (χ2n) is 5.09. The minimum atomic E-state index is -0.624. The topological polar surface area (TPSA) is 35.5 Å². The molecular weight excluding hydrogens is 308 g/mol. The van der Waals surface area contributed by atoms with Crippen LogP contribution in [0.15, 0.2) is 22.7 Å². The van der Waals surface area contributed by atoms with E-state index in [0.29, 0.717) is 13.0 Å². The van der Waals surface area contributed by atoms with Gasteiger partial charge in [-0.2, -0.15) is 0 Å². The highest BCUT2D eigenvalue weighted by Crippen LogP contribution is 2.29. The van der Waals surface area contributed by atoms with Gasteiger partial charge in [-0.25, -0.2) is 0 Å². The second kappa shape index (κ2) is 6.06. The van der Waals surface area contributed by atoms with E-state index in [0.717, 1.165) is 35.0 Å². The molecule has 1 aromatic carbocycles. The quantitative estimate of drug-likeness (QED) is 0.849. The van der Waals surface area contributed by atoms with Gasteiger partial charge >= 0.3 is 0 Å². The van der Waals surface area contributed by atoms with Crippen molar-refractivity contribution in [2.24, 2.45) is 0 Å². The minimum Gasteiger partial charge on any atom is -0.497 e. The molecule has 1 aliphatic rings. The number of ether oxygens (including phenoxy) is 2. The number of hydrogen-bond acceptors (Lipinski definition) is 3. The van der Waals surface area contributed by atoms with E-state index in [-0.39, 0.29) is 5.78 Å². The Morgan fingerprint density at radius 2 is 2.26 bits per heavy atom. The van der Waals surface area contributed by atoms with Crippen LogP contribution in [0.3, 0.4) is 0 Å². The zero-order chi connectivity index (χ0) is 13.9. The maximum atomic E-state index is 12.5. The molecule has 1 fully saturated rings. The molecule has 0 N–H and O–H groups in total. The highest BCUT2D eigenvalue weighted by atomic mass is 79.9. The number of methoxy groups -OCH3 is 1. The number of rotatable bonds is 4. The number of ketones is 1. The van der Waals surface area contributed by atoms with Gasteiger partial charge in [0.2, 0.25) is 0 Å². The predicted molar refractivity (Wildman–Crippen MR) is 77.6 cm³/mol. The Bertz CT molecular complexity index is 464. The molecule has 1 aliphatic heterocycles. The summed E-state index contributed by atoms with van der Waals surface area (Å²) in [5.74, 6) is 0.905. The molecule has 1 aromatic rings. The number of Topliss-reactive ketones (excluding diaryl/α,β-unsaturated/α-hetero) is 1. The predicted octanol–water partition coefficient (Wildman–Crippen LogP) is 3.53. The van der Waals surface area contributed by atoms with Gasteiger partial charge in [0.25, 0.3) is 0 Å². The van der Waals surface area contributed by atoms with Crippen LogP contribution in [0.1, 0.15) is 31.7 Å². The van der Waals surface area contributed by atoms with E-state index >= 15 is 0 Å². The van der Waals surface area contributed by atoms with Crippen molar-refractivity contribution < 1.29 is 14.3 Å². The fourth-order valence-electron chi connectivity index (χ4n) is 2.33. The van der Waals surface area contributed by atoms with Gasteiger partial charge in [-0.1, -0.05) is 15.9 Å². The molecule has 0 spiro atoms. The molecule has 0 saturated carbocycles. The van der Waals surface area contributed by atoms with Crippen molar-refractivity contribution in [3.8, 4) is 5.75 Å². The standard InChI is InChI=1S/C15H19BrO3/c1-15(7-3-4-8-19-15)14(17)10-11-9-12(18-2)5-6-13(11)16/h5-6,9H,3-4,7-8,10H2,1-2H3. The molecule has 0 radical (unpaired) electrons. The number of benzene rings is 1. The molecule has 3 nitrogen and oxygen atoms in total. The fourth-order valence-corrected chi connectivity index (χ4v) is 2.71. The van der Waals surface area contributed by atoms with Crippen LogP contribution < -0.4 is 4.74 Å². The van der Waals surface area contributed by atoms with Crippen LogP contribution in [0.5, 0.6) is 5.75 Å². The highest BCUT2D eigenvalue weighted by molar-refractivity contribution is 9.10. The van der Waals surface area contributed by atoms with Crippen LogP contribution in [0.2, 0.25) is 0 Å². The molecule has 4 heteroatoms. The molecule has 0 amide bonds. The molecule has 2 rings (SSSR count). The van der Waals surface area contributed by atoms with Gasteiger partial charge in [0.15, 0.2) is 5.78 Å². The maximum absolute atomic E-state index is 12.5. The third-order valence-corrected chi connectivity index (χ3v) is 4.44. The molecular formula is C15H19BrO3. The summed E-state index contributed by atoms with van der Waals surface area (Å²) < 4.78 is 11.8. The van der Waals surface area contributed by atoms with Gasteiger partial charge in [0.05, 0.1) is 7.11 Å². The zero-order valence-corrected chi connectivity index (χ0v) is 13.0. The van der Waals surface area contributed by atoms with Crippen LogP contribution in [0, 0.1) is 0 Å². The van der Waals surface area contributed by atoms with Gasteiger partial charge in [0, 0.05) is 17.5 Å². The average Bonchev–Trinajstić information content (AvgIpc) is 2.42. The van der Waals surface area contributed by atoms with E-state index in [4.69, 9.17) is 9.47 Å². The Morgan fingerprint density at radius 1 is 1.47 bits per heavy atom. The van der Waals surface area contributed by atoms with Crippen LogP contribution >= 0.6 is 15.9 Å². The summed E-state index contributed by atoms with van der Waals surface area (Å²) >= 11 is 3.48. The lowest BCUT2D eigenvalue weighted by Crippen LogP contribution is -2.42. The number of halogens is 1. The summed E-state index contributed by atoms with van der Waals surface area (Å²) in [6.45, 7) is 2.59. The first-order valence-corrected chi connectivity index (χ1v) is 7.34. The third-order valence-electron chi connectivity index (χ3n) is 3.66. The molecule has 0 aromatic heterocycles. The number of carbonyl (C=O) groups excluding carboxylic acids is 1. The number of carbonyl (C=O) groups is 1. The minimum absolute atomic E-state index is 0.140. The van der Waals surface area contributed by atoms with Crippen molar-refractivity contribution in [1.82, 2.24) is 0 Å². The van der Waals surface area contributed by atoms with Crippen molar-refractivity contribution in [2.45, 2.75) is 38.2 Å².